The third-order valence-electron chi connectivity index (χ3n) is 0.944. The average molecular weight is 83.1 g/mol. The summed E-state index contributed by atoms with van der Waals surface area (Å²) in [5.41, 5.74) is 0. The maximum atomic E-state index is 3.60. The van der Waals surface area contributed by atoms with Gasteiger partial charge in [-0.05, 0) is 6.42 Å². The molecule has 1 atom stereocenters. The monoisotopic (exact) mass is 83.1 g/mol. The average Bonchev–Trinajstić information content (AvgIpc) is 2.21. The molecule has 0 aliphatic carbocycles. The first-order valence-electron chi connectivity index (χ1n) is 2.28. The van der Waals surface area contributed by atoms with E-state index in [1.807, 2.05) is 6.08 Å². The summed E-state index contributed by atoms with van der Waals surface area (Å²) in [6.07, 6.45) is 3.09. The summed E-state index contributed by atoms with van der Waals surface area (Å²) in [6, 6.07) is 0.780. The molecule has 0 bridgehead atoms. The Morgan fingerprint density at radius 1 is 2.00 bits per heavy atom. The van der Waals surface area contributed by atoms with Gasteiger partial charge in [0.1, 0.15) is 0 Å². The first-order valence-corrected chi connectivity index (χ1v) is 2.28. The SMILES string of the molecule is C=CC[C@@H]1CN1. The van der Waals surface area contributed by atoms with Gasteiger partial charge in [-0.3, -0.25) is 0 Å². The Morgan fingerprint density at radius 3 is 2.83 bits per heavy atom. The summed E-state index contributed by atoms with van der Waals surface area (Å²) in [4.78, 5) is 0. The van der Waals surface area contributed by atoms with Gasteiger partial charge in [0.15, 0.2) is 0 Å². The van der Waals surface area contributed by atoms with Crippen LogP contribution in [0.1, 0.15) is 6.42 Å². The lowest BCUT2D eigenvalue weighted by molar-refractivity contribution is 0.969. The fourth-order valence-corrected chi connectivity index (χ4v) is 0.451. The number of hydrogen-bond acceptors (Lipinski definition) is 1. The fraction of sp³-hybridized carbons (Fsp3) is 0.600. The van der Waals surface area contributed by atoms with Crippen LogP contribution in [0.2, 0.25) is 0 Å². The predicted octanol–water partition coefficient (Wildman–Crippen LogP) is 0.534. The predicted molar refractivity (Wildman–Crippen MR) is 26.6 cm³/mol. The molecule has 1 heteroatoms. The van der Waals surface area contributed by atoms with E-state index < -0.39 is 0 Å². The van der Waals surface area contributed by atoms with Crippen molar-refractivity contribution in [2.75, 3.05) is 6.54 Å². The second-order valence-electron chi connectivity index (χ2n) is 1.63. The quantitative estimate of drug-likeness (QED) is 0.382. The summed E-state index contributed by atoms with van der Waals surface area (Å²) in [7, 11) is 0. The van der Waals surface area contributed by atoms with Gasteiger partial charge in [-0.25, -0.2) is 0 Å². The van der Waals surface area contributed by atoms with E-state index in [-0.39, 0.29) is 0 Å². The van der Waals surface area contributed by atoms with Crippen molar-refractivity contribution in [1.29, 1.82) is 0 Å². The molecule has 1 saturated heterocycles. The second kappa shape index (κ2) is 1.43. The van der Waals surface area contributed by atoms with E-state index >= 15 is 0 Å². The lowest BCUT2D eigenvalue weighted by Crippen LogP contribution is -1.83. The molecule has 0 aromatic rings. The molecule has 34 valence electrons. The van der Waals surface area contributed by atoms with Gasteiger partial charge in [0.25, 0.3) is 0 Å². The minimum absolute atomic E-state index is 0.780. The summed E-state index contributed by atoms with van der Waals surface area (Å²) in [5.74, 6) is 0. The molecule has 1 heterocycles. The Kier molecular flexibility index (Phi) is 0.926. The Morgan fingerprint density at radius 2 is 2.67 bits per heavy atom. The molecule has 0 aromatic heterocycles. The molecule has 0 amide bonds. The van der Waals surface area contributed by atoms with Gasteiger partial charge in [-0.2, -0.15) is 0 Å². The molecule has 1 fully saturated rings. The van der Waals surface area contributed by atoms with E-state index in [9.17, 15) is 0 Å². The molecule has 1 aliphatic heterocycles. The standard InChI is InChI=1S/C5H9N/c1-2-3-5-4-6-5/h2,5-6H,1,3-4H2/t5-/m1/s1. The van der Waals surface area contributed by atoms with Crippen LogP contribution in [-0.4, -0.2) is 12.6 Å². The number of nitrogens with one attached hydrogen (secondary N) is 1. The van der Waals surface area contributed by atoms with Gasteiger partial charge in [-0.1, -0.05) is 6.08 Å². The molecule has 0 saturated carbocycles. The van der Waals surface area contributed by atoms with Crippen LogP contribution >= 0.6 is 0 Å². The van der Waals surface area contributed by atoms with Crippen LogP contribution in [-0.2, 0) is 0 Å². The van der Waals surface area contributed by atoms with Gasteiger partial charge in [0.05, 0.1) is 0 Å². The van der Waals surface area contributed by atoms with E-state index in [2.05, 4.69) is 11.9 Å². The minimum Gasteiger partial charge on any atom is -0.311 e. The third-order valence-corrected chi connectivity index (χ3v) is 0.944. The van der Waals surface area contributed by atoms with Crippen molar-refractivity contribution in [1.82, 2.24) is 5.32 Å². The number of rotatable bonds is 2. The van der Waals surface area contributed by atoms with Crippen LogP contribution in [0.15, 0.2) is 12.7 Å². The zero-order valence-electron chi connectivity index (χ0n) is 3.78. The minimum atomic E-state index is 0.780. The molecule has 1 nitrogen and oxygen atoms in total. The maximum absolute atomic E-state index is 3.60. The van der Waals surface area contributed by atoms with Crippen molar-refractivity contribution in [2.24, 2.45) is 0 Å². The highest BCUT2D eigenvalue weighted by Crippen LogP contribution is 2.00. The molecular weight excluding hydrogens is 74.1 g/mol. The van der Waals surface area contributed by atoms with Crippen molar-refractivity contribution in [2.45, 2.75) is 12.5 Å². The first kappa shape index (κ1) is 3.88. The van der Waals surface area contributed by atoms with Crippen LogP contribution in [0.25, 0.3) is 0 Å². The largest absolute Gasteiger partial charge is 0.311 e. The van der Waals surface area contributed by atoms with Gasteiger partial charge in [-0.15, -0.1) is 6.58 Å². The molecule has 1 N–H and O–H groups in total. The molecule has 0 unspecified atom stereocenters. The van der Waals surface area contributed by atoms with Gasteiger partial charge >= 0.3 is 0 Å². The second-order valence-corrected chi connectivity index (χ2v) is 1.63. The molecule has 0 spiro atoms. The molecule has 1 aliphatic rings. The molecule has 1 rings (SSSR count). The van der Waals surface area contributed by atoms with Crippen molar-refractivity contribution in [3.63, 3.8) is 0 Å². The zero-order valence-corrected chi connectivity index (χ0v) is 3.78. The van der Waals surface area contributed by atoms with E-state index in [4.69, 9.17) is 0 Å². The zero-order chi connectivity index (χ0) is 4.41. The van der Waals surface area contributed by atoms with E-state index in [0.717, 1.165) is 12.5 Å². The van der Waals surface area contributed by atoms with E-state index in [1.54, 1.807) is 0 Å². The highest BCUT2D eigenvalue weighted by Gasteiger charge is 2.16. The fourth-order valence-electron chi connectivity index (χ4n) is 0.451. The summed E-state index contributed by atoms with van der Waals surface area (Å²) >= 11 is 0. The van der Waals surface area contributed by atoms with E-state index in [0.29, 0.717) is 0 Å². The Labute approximate surface area is 38.1 Å². The van der Waals surface area contributed by atoms with Gasteiger partial charge in [0.2, 0.25) is 0 Å². The molecule has 0 radical (unpaired) electrons. The van der Waals surface area contributed by atoms with Crippen LogP contribution < -0.4 is 5.32 Å². The Bertz CT molecular complexity index is 55.0. The molecular formula is C5H9N. The van der Waals surface area contributed by atoms with Crippen LogP contribution in [0.3, 0.4) is 0 Å². The van der Waals surface area contributed by atoms with Crippen molar-refractivity contribution < 1.29 is 0 Å². The van der Waals surface area contributed by atoms with Gasteiger partial charge < -0.3 is 5.32 Å². The molecule has 0 aromatic carbocycles. The summed E-state index contributed by atoms with van der Waals surface area (Å²) < 4.78 is 0. The third kappa shape index (κ3) is 0.830. The van der Waals surface area contributed by atoms with Crippen molar-refractivity contribution in [3.8, 4) is 0 Å². The molecule has 6 heavy (non-hydrogen) atoms. The summed E-state index contributed by atoms with van der Waals surface area (Å²) in [5, 5.41) is 3.16. The van der Waals surface area contributed by atoms with Gasteiger partial charge in [0, 0.05) is 12.6 Å². The maximum Gasteiger partial charge on any atom is 0.0227 e. The highest BCUT2D eigenvalue weighted by molar-refractivity contribution is 4.89. The Hall–Kier alpha value is -0.300. The van der Waals surface area contributed by atoms with Crippen LogP contribution in [0.4, 0.5) is 0 Å². The highest BCUT2D eigenvalue weighted by atomic mass is 15.1. The van der Waals surface area contributed by atoms with Crippen molar-refractivity contribution >= 4 is 0 Å². The Balaban J connectivity index is 2.00. The first-order chi connectivity index (χ1) is 2.93. The van der Waals surface area contributed by atoms with Crippen LogP contribution in [0, 0.1) is 0 Å². The van der Waals surface area contributed by atoms with Crippen LogP contribution in [0.5, 0.6) is 0 Å². The topological polar surface area (TPSA) is 21.9 Å². The lowest BCUT2D eigenvalue weighted by Gasteiger charge is -1.75. The lowest BCUT2D eigenvalue weighted by atomic mass is 10.3. The normalized spacial score (nSPS) is 29.7. The van der Waals surface area contributed by atoms with Crippen molar-refractivity contribution in [3.05, 3.63) is 12.7 Å². The van der Waals surface area contributed by atoms with E-state index in [1.165, 1.54) is 6.54 Å². The summed E-state index contributed by atoms with van der Waals surface area (Å²) in [6.45, 7) is 4.80. The number of hydrogen-bond donors (Lipinski definition) is 1. The smallest absolute Gasteiger partial charge is 0.0227 e.